The second kappa shape index (κ2) is 8.16. The molecule has 0 unspecified atom stereocenters. The molecule has 1 aromatic rings. The average Bonchev–Trinajstić information content (AvgIpc) is 3.47. The summed E-state index contributed by atoms with van der Waals surface area (Å²) in [4.78, 5) is 32.2. The molecule has 5 aliphatic rings. The molecule has 2 saturated carbocycles. The van der Waals surface area contributed by atoms with Crippen LogP contribution in [0.2, 0.25) is 0 Å². The van der Waals surface area contributed by atoms with Crippen LogP contribution in [0.1, 0.15) is 56.4 Å². The van der Waals surface area contributed by atoms with Gasteiger partial charge in [0.15, 0.2) is 22.8 Å². The van der Waals surface area contributed by atoms with E-state index in [1.807, 2.05) is 20.8 Å². The summed E-state index contributed by atoms with van der Waals surface area (Å²) >= 11 is 0. The van der Waals surface area contributed by atoms with Crippen LogP contribution in [0.3, 0.4) is 0 Å². The first-order chi connectivity index (χ1) is 17.8. The molecule has 0 spiro atoms. The molecule has 9 heteroatoms. The Balaban J connectivity index is 1.42. The third-order valence-corrected chi connectivity index (χ3v) is 10.9. The van der Waals surface area contributed by atoms with E-state index in [4.69, 9.17) is 9.25 Å². The molecule has 3 fully saturated rings. The summed E-state index contributed by atoms with van der Waals surface area (Å²) in [5, 5.41) is 23.4. The zero-order valence-corrected chi connectivity index (χ0v) is 22.2. The summed E-state index contributed by atoms with van der Waals surface area (Å²) in [5.74, 6) is -2.33. The molecule has 38 heavy (non-hydrogen) atoms. The van der Waals surface area contributed by atoms with E-state index in [0.717, 1.165) is 16.9 Å². The Hall–Kier alpha value is -2.20. The van der Waals surface area contributed by atoms with Gasteiger partial charge >= 0.3 is 0 Å². The Labute approximate surface area is 220 Å². The molecule has 1 saturated heterocycles. The number of halogens is 2. The summed E-state index contributed by atoms with van der Waals surface area (Å²) in [6.45, 7) is 7.19. The largest absolute Gasteiger partial charge is 0.469 e. The lowest BCUT2D eigenvalue weighted by Crippen LogP contribution is -2.69. The third kappa shape index (κ3) is 2.96. The number of carbonyl (C=O) groups excluding carboxylic acids is 2. The number of Topliss-reactive ketones (excluding diaryl/α,β-unsaturated/α-hetero) is 1. The fraction of sp³-hybridized carbons (Fsp3) is 0.655. The van der Waals surface area contributed by atoms with Crippen molar-refractivity contribution in [3.63, 3.8) is 0 Å². The van der Waals surface area contributed by atoms with Crippen LogP contribution < -0.4 is 0 Å². The second-order valence-corrected chi connectivity index (χ2v) is 12.5. The van der Waals surface area contributed by atoms with E-state index in [0.29, 0.717) is 19.5 Å². The Morgan fingerprint density at radius 1 is 1.26 bits per heavy atom. The highest BCUT2D eigenvalue weighted by Gasteiger charge is 2.79. The van der Waals surface area contributed by atoms with Gasteiger partial charge in [-0.2, -0.15) is 5.06 Å². The Morgan fingerprint density at radius 2 is 2.00 bits per heavy atom. The maximum Gasteiger partial charge on any atom is 0.192 e. The van der Waals surface area contributed by atoms with Crippen molar-refractivity contribution in [2.24, 2.45) is 28.6 Å². The topological polar surface area (TPSA) is 100 Å². The summed E-state index contributed by atoms with van der Waals surface area (Å²) < 4.78 is 38.6. The number of allylic oxidation sites excluding steroid dienone is 4. The number of carbonyl (C=O) groups is 2. The quantitative estimate of drug-likeness (QED) is 0.609. The van der Waals surface area contributed by atoms with Gasteiger partial charge < -0.3 is 14.6 Å². The summed E-state index contributed by atoms with van der Waals surface area (Å²) in [6.07, 6.45) is 2.71. The van der Waals surface area contributed by atoms with Gasteiger partial charge in [-0.15, -0.1) is 0 Å². The number of aliphatic hydroxyl groups is 2. The monoisotopic (exact) mass is 531 g/mol. The van der Waals surface area contributed by atoms with E-state index in [9.17, 15) is 19.8 Å². The van der Waals surface area contributed by atoms with Crippen LogP contribution in [0.5, 0.6) is 0 Å². The van der Waals surface area contributed by atoms with Gasteiger partial charge in [-0.3, -0.25) is 14.4 Å². The van der Waals surface area contributed by atoms with Gasteiger partial charge in [0.1, 0.15) is 18.2 Å². The minimum Gasteiger partial charge on any atom is -0.469 e. The first-order valence-corrected chi connectivity index (χ1v) is 13.4. The number of hydroxylamine groups is 2. The minimum atomic E-state index is -2.22. The van der Waals surface area contributed by atoms with E-state index in [2.05, 4.69) is 0 Å². The van der Waals surface area contributed by atoms with Gasteiger partial charge in [-0.25, -0.2) is 8.78 Å². The van der Waals surface area contributed by atoms with Gasteiger partial charge in [0.2, 0.25) is 0 Å². The molecule has 4 aliphatic carbocycles. The Bertz CT molecular complexity index is 1270. The molecule has 206 valence electrons. The Morgan fingerprint density at radius 3 is 2.66 bits per heavy atom. The minimum absolute atomic E-state index is 0.0865. The molecule has 2 N–H and O–H groups in total. The second-order valence-electron chi connectivity index (χ2n) is 12.5. The summed E-state index contributed by atoms with van der Waals surface area (Å²) in [7, 11) is 0. The predicted octanol–water partition coefficient (Wildman–Crippen LogP) is 3.84. The van der Waals surface area contributed by atoms with Crippen LogP contribution in [0, 0.1) is 42.4 Å². The summed E-state index contributed by atoms with van der Waals surface area (Å²) in [6, 6.07) is 0. The zero-order valence-electron chi connectivity index (χ0n) is 22.2. The van der Waals surface area contributed by atoms with Crippen molar-refractivity contribution in [3.05, 3.63) is 46.7 Å². The smallest absolute Gasteiger partial charge is 0.192 e. The number of aryl methyl sites for hydroxylation is 2. The predicted molar refractivity (Wildman–Crippen MR) is 132 cm³/mol. The van der Waals surface area contributed by atoms with Crippen molar-refractivity contribution in [1.82, 2.24) is 5.06 Å². The van der Waals surface area contributed by atoms with Crippen LogP contribution >= 0.6 is 0 Å². The lowest BCUT2D eigenvalue weighted by atomic mass is 9.45. The van der Waals surface area contributed by atoms with E-state index < -0.39 is 58.3 Å². The van der Waals surface area contributed by atoms with Crippen molar-refractivity contribution < 1.29 is 37.8 Å². The lowest BCUT2D eigenvalue weighted by Gasteiger charge is -2.62. The highest BCUT2D eigenvalue weighted by atomic mass is 19.1. The Kier molecular flexibility index (Phi) is 5.59. The molecule has 0 radical (unpaired) electrons. The summed E-state index contributed by atoms with van der Waals surface area (Å²) in [5.41, 5.74) is -4.19. The fourth-order valence-corrected chi connectivity index (χ4v) is 9.02. The van der Waals surface area contributed by atoms with Crippen molar-refractivity contribution in [2.45, 2.75) is 77.3 Å². The van der Waals surface area contributed by atoms with E-state index >= 15 is 8.78 Å². The van der Waals surface area contributed by atoms with Gasteiger partial charge in [0.25, 0.3) is 0 Å². The maximum absolute atomic E-state index is 17.4. The van der Waals surface area contributed by atoms with Gasteiger partial charge in [-0.1, -0.05) is 13.0 Å². The number of furan rings is 1. The average molecular weight is 532 g/mol. The molecule has 0 bridgehead atoms. The van der Waals surface area contributed by atoms with Crippen LogP contribution in [-0.2, 0) is 21.0 Å². The molecular weight excluding hydrogens is 496 g/mol. The molecule has 0 amide bonds. The zero-order chi connectivity index (χ0) is 27.4. The highest BCUT2D eigenvalue weighted by molar-refractivity contribution is 5.94. The molecule has 1 aromatic heterocycles. The number of alkyl halides is 1. The van der Waals surface area contributed by atoms with Gasteiger partial charge in [0.05, 0.1) is 18.9 Å². The number of rotatable bonds is 4. The number of hydrogen-bond donors (Lipinski definition) is 2. The van der Waals surface area contributed by atoms with Crippen LogP contribution in [0.15, 0.2) is 34.2 Å². The van der Waals surface area contributed by atoms with Crippen molar-refractivity contribution in [1.29, 1.82) is 0 Å². The normalized spacial score (nSPS) is 44.2. The molecular formula is C29H35F2NO6. The SMILES string of the molecule is Cc1coc(C)c1CN1C[C@@H]2C[C@H]3[C@@H]4CC(F)=C5CC(=O)C=C[C@]5(C)[C@@]4(F)[C@@H](O)C[C@]3(C)[C@]2(C(=O)CO)O1. The van der Waals surface area contributed by atoms with Crippen LogP contribution in [0.4, 0.5) is 8.78 Å². The standard InChI is InChI=1S/C29H35F2NO6/c1-15-14-37-16(2)19(15)12-32-11-17-7-20-21-9-23(30)22-8-18(34)5-6-26(22,3)28(21,31)24(35)10-27(20,4)29(17,38-32)25(36)13-33/h5-6,14,17,20-21,24,33,35H,7-13H2,1-4H3/t17-,20-,21-,24-,26-,27-,28-,29-/m0/s1. The number of ketones is 2. The number of aliphatic hydroxyl groups excluding tert-OH is 2. The first kappa shape index (κ1) is 26.0. The van der Waals surface area contributed by atoms with Crippen molar-refractivity contribution in [3.8, 4) is 0 Å². The maximum atomic E-state index is 17.4. The van der Waals surface area contributed by atoms with Gasteiger partial charge in [0, 0.05) is 47.6 Å². The van der Waals surface area contributed by atoms with E-state index in [1.54, 1.807) is 18.3 Å². The van der Waals surface area contributed by atoms with Gasteiger partial charge in [-0.05, 0) is 56.7 Å². The molecule has 7 nitrogen and oxygen atoms in total. The lowest BCUT2D eigenvalue weighted by molar-refractivity contribution is -0.267. The third-order valence-electron chi connectivity index (χ3n) is 10.9. The molecule has 1 aliphatic heterocycles. The van der Waals surface area contributed by atoms with Crippen molar-refractivity contribution >= 4 is 11.6 Å². The highest BCUT2D eigenvalue weighted by Crippen LogP contribution is 2.72. The van der Waals surface area contributed by atoms with Crippen molar-refractivity contribution in [2.75, 3.05) is 13.2 Å². The van der Waals surface area contributed by atoms with E-state index in [1.165, 1.54) is 12.2 Å². The van der Waals surface area contributed by atoms with Crippen LogP contribution in [-0.4, -0.2) is 57.4 Å². The van der Waals surface area contributed by atoms with Crippen LogP contribution in [0.25, 0.3) is 0 Å². The molecule has 2 heterocycles. The number of hydrogen-bond acceptors (Lipinski definition) is 7. The first-order valence-electron chi connectivity index (χ1n) is 13.4. The molecule has 8 atom stereocenters. The van der Waals surface area contributed by atoms with E-state index in [-0.39, 0.29) is 36.5 Å². The number of nitrogens with zero attached hydrogens (tertiary/aromatic N) is 1. The number of fused-ring (bicyclic) bond motifs is 7. The fourth-order valence-electron chi connectivity index (χ4n) is 9.02. The molecule has 6 rings (SSSR count). The molecule has 0 aromatic carbocycles.